The molecule has 0 saturated carbocycles. The van der Waals surface area contributed by atoms with Gasteiger partial charge in [0, 0.05) is 10.8 Å². The van der Waals surface area contributed by atoms with Gasteiger partial charge in [-0.2, -0.15) is 0 Å². The van der Waals surface area contributed by atoms with E-state index in [-0.39, 0.29) is 10.8 Å². The van der Waals surface area contributed by atoms with Crippen molar-refractivity contribution in [3.63, 3.8) is 0 Å². The Kier molecular flexibility index (Phi) is 3.04. The molecule has 0 N–H and O–H groups in total. The van der Waals surface area contributed by atoms with E-state index in [1.54, 1.807) is 0 Å². The molecule has 14 heavy (non-hydrogen) atoms. The Morgan fingerprint density at radius 3 is 2.14 bits per heavy atom. The van der Waals surface area contributed by atoms with Crippen LogP contribution in [0.1, 0.15) is 41.0 Å². The molecule has 0 bridgehead atoms. The molecule has 1 rings (SSSR count). The predicted molar refractivity (Wildman–Crippen MR) is 64.2 cm³/mol. The Morgan fingerprint density at radius 2 is 1.50 bits per heavy atom. The van der Waals surface area contributed by atoms with Crippen LogP contribution in [0.5, 0.6) is 0 Å². The van der Waals surface area contributed by atoms with Crippen molar-refractivity contribution < 1.29 is 0 Å². The van der Waals surface area contributed by atoms with Crippen LogP contribution in [-0.2, 0) is 0 Å². The zero-order valence-electron chi connectivity index (χ0n) is 10.1. The lowest BCUT2D eigenvalue weighted by Crippen LogP contribution is -2.07. The lowest BCUT2D eigenvalue weighted by atomic mass is 9.86. The second-order valence-corrected chi connectivity index (χ2v) is 5.57. The Balaban J connectivity index is 3.02. The normalized spacial score (nSPS) is 29.4. The molecule has 0 fully saturated rings. The van der Waals surface area contributed by atoms with Crippen LogP contribution >= 0.6 is 0 Å². The summed E-state index contributed by atoms with van der Waals surface area (Å²) in [5, 5.41) is 0. The van der Waals surface area contributed by atoms with E-state index in [1.807, 2.05) is 0 Å². The predicted octanol–water partition coefficient (Wildman–Crippen LogP) is 4.50. The van der Waals surface area contributed by atoms with Gasteiger partial charge in [0.15, 0.2) is 0 Å². The van der Waals surface area contributed by atoms with E-state index < -0.39 is 0 Å². The number of hydrogen-bond acceptors (Lipinski definition) is 0. The van der Waals surface area contributed by atoms with Crippen molar-refractivity contribution in [2.45, 2.75) is 41.0 Å². The second-order valence-electron chi connectivity index (χ2n) is 5.57. The van der Waals surface area contributed by atoms with Crippen molar-refractivity contribution in [3.8, 4) is 0 Å². The summed E-state index contributed by atoms with van der Waals surface area (Å²) in [4.78, 5) is 0. The summed E-state index contributed by atoms with van der Waals surface area (Å²) in [6.45, 7) is 11.2. The van der Waals surface area contributed by atoms with Crippen molar-refractivity contribution >= 4 is 0 Å². The average molecular weight is 190 g/mol. The summed E-state index contributed by atoms with van der Waals surface area (Å²) in [6, 6.07) is 0. The van der Waals surface area contributed by atoms with E-state index in [0.717, 1.165) is 6.42 Å². The van der Waals surface area contributed by atoms with E-state index in [0.29, 0.717) is 0 Å². The maximum absolute atomic E-state index is 2.36. The zero-order chi connectivity index (χ0) is 10.8. The van der Waals surface area contributed by atoms with Crippen LogP contribution in [0.15, 0.2) is 36.0 Å². The van der Waals surface area contributed by atoms with Gasteiger partial charge in [-0.25, -0.2) is 0 Å². The first-order chi connectivity index (χ1) is 6.31. The third-order valence-electron chi connectivity index (χ3n) is 2.55. The van der Waals surface area contributed by atoms with Gasteiger partial charge in [-0.05, 0) is 13.3 Å². The van der Waals surface area contributed by atoms with E-state index in [9.17, 15) is 0 Å². The van der Waals surface area contributed by atoms with Crippen LogP contribution in [0.3, 0.4) is 0 Å². The molecule has 0 atom stereocenters. The van der Waals surface area contributed by atoms with E-state index >= 15 is 0 Å². The molecule has 0 saturated heterocycles. The molecule has 0 aromatic heterocycles. The molecule has 0 heterocycles. The van der Waals surface area contributed by atoms with Gasteiger partial charge in [0.05, 0.1) is 0 Å². The summed E-state index contributed by atoms with van der Waals surface area (Å²) in [5.74, 6) is 0. The third-order valence-corrected chi connectivity index (χ3v) is 2.55. The van der Waals surface area contributed by atoms with Crippen LogP contribution < -0.4 is 0 Å². The largest absolute Gasteiger partial charge is 0.0836 e. The lowest BCUT2D eigenvalue weighted by molar-refractivity contribution is 0.581. The standard InChI is InChI=1S/C14H22/c1-12-7-6-8-13(2,3)9-10-14(4,5)11-12/h6,8-11H,7H2,1-5H3/b8-6-,10-9-,12-11?. The summed E-state index contributed by atoms with van der Waals surface area (Å²) < 4.78 is 0. The van der Waals surface area contributed by atoms with Gasteiger partial charge in [-0.3, -0.25) is 0 Å². The van der Waals surface area contributed by atoms with Gasteiger partial charge in [0.2, 0.25) is 0 Å². The molecular formula is C14H22. The van der Waals surface area contributed by atoms with Crippen molar-refractivity contribution in [3.05, 3.63) is 36.0 Å². The maximum atomic E-state index is 2.36. The van der Waals surface area contributed by atoms with Crippen LogP contribution in [-0.4, -0.2) is 0 Å². The molecule has 0 nitrogen and oxygen atoms in total. The van der Waals surface area contributed by atoms with Crippen molar-refractivity contribution in [1.82, 2.24) is 0 Å². The zero-order valence-corrected chi connectivity index (χ0v) is 10.1. The highest BCUT2D eigenvalue weighted by Crippen LogP contribution is 2.29. The molecule has 78 valence electrons. The van der Waals surface area contributed by atoms with Crippen LogP contribution in [0, 0.1) is 10.8 Å². The fourth-order valence-corrected chi connectivity index (χ4v) is 1.78. The summed E-state index contributed by atoms with van der Waals surface area (Å²) in [5.41, 5.74) is 1.83. The SMILES string of the molecule is CC1=CC(C)(C)/C=C\C(C)(C)/C=C\C1. The first-order valence-electron chi connectivity index (χ1n) is 5.37. The molecule has 1 aliphatic rings. The molecule has 0 aliphatic heterocycles. The second kappa shape index (κ2) is 3.76. The van der Waals surface area contributed by atoms with Gasteiger partial charge < -0.3 is 0 Å². The van der Waals surface area contributed by atoms with Gasteiger partial charge in [0.25, 0.3) is 0 Å². The molecule has 0 aromatic carbocycles. The molecule has 0 unspecified atom stereocenters. The van der Waals surface area contributed by atoms with Crippen LogP contribution in [0.2, 0.25) is 0 Å². The van der Waals surface area contributed by atoms with Gasteiger partial charge in [0.1, 0.15) is 0 Å². The van der Waals surface area contributed by atoms with Crippen molar-refractivity contribution in [2.75, 3.05) is 0 Å². The van der Waals surface area contributed by atoms with Gasteiger partial charge in [-0.15, -0.1) is 0 Å². The topological polar surface area (TPSA) is 0 Å². The Morgan fingerprint density at radius 1 is 0.929 bits per heavy atom. The highest BCUT2D eigenvalue weighted by atomic mass is 14.2. The number of allylic oxidation sites excluding steroid dienone is 6. The molecule has 0 radical (unpaired) electrons. The minimum absolute atomic E-state index is 0.188. The molecular weight excluding hydrogens is 168 g/mol. The molecule has 1 aliphatic carbocycles. The molecule has 0 amide bonds. The first-order valence-corrected chi connectivity index (χ1v) is 5.37. The van der Waals surface area contributed by atoms with Crippen LogP contribution in [0.4, 0.5) is 0 Å². The quantitative estimate of drug-likeness (QED) is 0.493. The van der Waals surface area contributed by atoms with E-state index in [1.165, 1.54) is 5.57 Å². The summed E-state index contributed by atoms with van der Waals surface area (Å²) in [6.07, 6.45) is 12.6. The van der Waals surface area contributed by atoms with Gasteiger partial charge in [-0.1, -0.05) is 63.6 Å². The highest BCUT2D eigenvalue weighted by molar-refractivity contribution is 5.21. The van der Waals surface area contributed by atoms with Crippen molar-refractivity contribution in [2.24, 2.45) is 10.8 Å². The summed E-state index contributed by atoms with van der Waals surface area (Å²) in [7, 11) is 0. The fourth-order valence-electron chi connectivity index (χ4n) is 1.78. The highest BCUT2D eigenvalue weighted by Gasteiger charge is 2.15. The first kappa shape index (κ1) is 11.3. The number of rotatable bonds is 0. The summed E-state index contributed by atoms with van der Waals surface area (Å²) >= 11 is 0. The minimum atomic E-state index is 0.188. The molecule has 0 spiro atoms. The monoisotopic (exact) mass is 190 g/mol. The van der Waals surface area contributed by atoms with E-state index in [2.05, 4.69) is 65.0 Å². The molecule has 0 heteroatoms. The Bertz CT molecular complexity index is 285. The maximum Gasteiger partial charge on any atom is 0.000740 e. The fraction of sp³-hybridized carbons (Fsp3) is 0.571. The molecule has 0 aromatic rings. The van der Waals surface area contributed by atoms with Crippen molar-refractivity contribution in [1.29, 1.82) is 0 Å². The Hall–Kier alpha value is -0.780. The van der Waals surface area contributed by atoms with Crippen LogP contribution in [0.25, 0.3) is 0 Å². The minimum Gasteiger partial charge on any atom is -0.0836 e. The van der Waals surface area contributed by atoms with E-state index in [4.69, 9.17) is 0 Å². The Labute approximate surface area is 88.4 Å². The smallest absolute Gasteiger partial charge is 0.000740 e. The lowest BCUT2D eigenvalue weighted by Gasteiger charge is -2.19. The third kappa shape index (κ3) is 3.53. The average Bonchev–Trinajstić information content (AvgIpc) is 2.02. The van der Waals surface area contributed by atoms with Gasteiger partial charge >= 0.3 is 0 Å². The number of hydrogen-bond donors (Lipinski definition) is 0.